The van der Waals surface area contributed by atoms with Crippen LogP contribution in [0.5, 0.6) is 0 Å². The zero-order chi connectivity index (χ0) is 61.4. The predicted molar refractivity (Wildman–Crippen MR) is 375 cm³/mol. The molecule has 0 unspecified atom stereocenters. The van der Waals surface area contributed by atoms with Crippen molar-refractivity contribution < 1.29 is 0 Å². The Morgan fingerprint density at radius 1 is 0.287 bits per heavy atom. The molecule has 0 radical (unpaired) electrons. The van der Waals surface area contributed by atoms with Crippen LogP contribution in [-0.2, 0) is 32.5 Å². The molecule has 0 saturated heterocycles. The van der Waals surface area contributed by atoms with Gasteiger partial charge in [-0.05, 0) is 183 Å². The normalized spacial score (nSPS) is 13.6. The smallest absolute Gasteiger partial charge is 0.252 e. The average molecular weight is 1140 g/mol. The van der Waals surface area contributed by atoms with Crippen molar-refractivity contribution in [2.75, 3.05) is 0 Å². The van der Waals surface area contributed by atoms with E-state index in [1.807, 2.05) is 0 Å². The van der Waals surface area contributed by atoms with Gasteiger partial charge in [-0.1, -0.05) is 222 Å². The highest BCUT2D eigenvalue weighted by atomic mass is 15.0. The molecule has 0 aliphatic carbocycles. The minimum Gasteiger partial charge on any atom is -0.310 e. The molecule has 12 aromatic rings. The highest BCUT2D eigenvalue weighted by molar-refractivity contribution is 7.00. The first-order valence-electron chi connectivity index (χ1n) is 31.7. The Kier molecular flexibility index (Phi) is 12.4. The van der Waals surface area contributed by atoms with E-state index in [-0.39, 0.29) is 39.2 Å². The third-order valence-corrected chi connectivity index (χ3v) is 19.2. The Bertz CT molecular complexity index is 4470. The van der Waals surface area contributed by atoms with E-state index in [1.54, 1.807) is 0 Å². The fraction of sp³-hybridized carbons (Fsp3) is 0.293. The van der Waals surface area contributed by atoms with Gasteiger partial charge in [0.25, 0.3) is 6.71 Å². The largest absolute Gasteiger partial charge is 0.310 e. The molecule has 0 amide bonds. The van der Waals surface area contributed by atoms with E-state index < -0.39 is 0 Å². The van der Waals surface area contributed by atoms with Crippen LogP contribution in [0, 0.1) is 0 Å². The van der Waals surface area contributed by atoms with E-state index in [2.05, 4.69) is 310 Å². The minimum atomic E-state index is -0.122. The molecule has 5 heterocycles. The molecule has 3 aromatic heterocycles. The van der Waals surface area contributed by atoms with Crippen molar-refractivity contribution in [3.8, 4) is 67.5 Å². The molecule has 0 fully saturated rings. The van der Waals surface area contributed by atoms with Gasteiger partial charge in [0.15, 0.2) is 5.82 Å². The molecule has 2 aliphatic rings. The van der Waals surface area contributed by atoms with Crippen LogP contribution < -0.4 is 16.4 Å². The van der Waals surface area contributed by atoms with Crippen LogP contribution >= 0.6 is 0 Å². The zero-order valence-corrected chi connectivity index (χ0v) is 54.6. The van der Waals surface area contributed by atoms with Gasteiger partial charge in [0.1, 0.15) is 0 Å². The van der Waals surface area contributed by atoms with Gasteiger partial charge in [-0.25, -0.2) is 9.97 Å². The Morgan fingerprint density at radius 3 is 0.977 bits per heavy atom. The van der Waals surface area contributed by atoms with Gasteiger partial charge >= 0.3 is 0 Å². The molecular weight excluding hydrogens is 1050 g/mol. The Hall–Kier alpha value is -8.28. The second kappa shape index (κ2) is 19.1. The number of nitrogens with zero attached hydrogens (tertiary/aromatic N) is 4. The highest BCUT2D eigenvalue weighted by Crippen LogP contribution is 2.46. The summed E-state index contributed by atoms with van der Waals surface area (Å²) in [6.07, 6.45) is 0. The third-order valence-electron chi connectivity index (χ3n) is 19.2. The lowest BCUT2D eigenvalue weighted by Gasteiger charge is -2.35. The van der Waals surface area contributed by atoms with E-state index in [4.69, 9.17) is 9.97 Å². The van der Waals surface area contributed by atoms with Crippen LogP contribution in [0.3, 0.4) is 0 Å². The highest BCUT2D eigenvalue weighted by Gasteiger charge is 2.43. The number of hydrogen-bond acceptors (Lipinski definition) is 2. The van der Waals surface area contributed by atoms with E-state index in [0.717, 1.165) is 28.1 Å². The maximum absolute atomic E-state index is 5.87. The van der Waals surface area contributed by atoms with Crippen molar-refractivity contribution in [2.24, 2.45) is 0 Å². The van der Waals surface area contributed by atoms with E-state index in [1.165, 1.54) is 127 Å². The monoisotopic (exact) mass is 1130 g/mol. The maximum atomic E-state index is 5.87. The van der Waals surface area contributed by atoms with Gasteiger partial charge in [-0.3, -0.25) is 0 Å². The summed E-state index contributed by atoms with van der Waals surface area (Å²) in [5, 5.41) is 5.08. The molecule has 5 heteroatoms. The third kappa shape index (κ3) is 9.40. The van der Waals surface area contributed by atoms with Crippen LogP contribution in [0.2, 0.25) is 0 Å². The van der Waals surface area contributed by atoms with Crippen LogP contribution in [0.4, 0.5) is 0 Å². The molecule has 87 heavy (non-hydrogen) atoms. The van der Waals surface area contributed by atoms with Gasteiger partial charge in [-0.15, -0.1) is 0 Å². The van der Waals surface area contributed by atoms with Crippen molar-refractivity contribution in [1.82, 2.24) is 19.1 Å². The Balaban J connectivity index is 1.15. The summed E-state index contributed by atoms with van der Waals surface area (Å²) >= 11 is 0. The standard InChI is InChI=1S/C82H83BN4/c1-77(2,3)55-33-52(34-56(41-55)78(4,5)6)67-47-68(53-35-57(79(7,8)9)42-58(36-53)80(10,11)12)85-76(84-67)54-39-71-73-72(40-54)87-70-32-30-51(49-27-23-20-24-28-49)38-62(70)64-44-60(82(16,17)18)46-66(75(64)87)83(73)65-45-59(81(13,14)15)43-63-61-37-50(48-25-21-19-22-26-48)29-31-69(61)86(71)74(63)65/h19-47H,1-18H3. The van der Waals surface area contributed by atoms with Gasteiger partial charge in [-0.2, -0.15) is 0 Å². The molecule has 0 atom stereocenters. The van der Waals surface area contributed by atoms with Crippen LogP contribution in [0.15, 0.2) is 176 Å². The molecule has 4 nitrogen and oxygen atoms in total. The predicted octanol–water partition coefficient (Wildman–Crippen LogP) is 19.9. The lowest BCUT2D eigenvalue weighted by molar-refractivity contribution is 0.568. The molecule has 434 valence electrons. The summed E-state index contributed by atoms with van der Waals surface area (Å²) in [5.74, 6) is 0.705. The lowest BCUT2D eigenvalue weighted by Crippen LogP contribution is -2.59. The average Bonchev–Trinajstić information content (AvgIpc) is 1.60. The number of aromatic nitrogens is 4. The van der Waals surface area contributed by atoms with Crippen LogP contribution in [0.1, 0.15) is 158 Å². The summed E-state index contributed by atoms with van der Waals surface area (Å²) in [5.41, 5.74) is 28.4. The molecule has 0 N–H and O–H groups in total. The second-order valence-corrected chi connectivity index (χ2v) is 31.7. The van der Waals surface area contributed by atoms with E-state index in [0.29, 0.717) is 5.82 Å². The first-order chi connectivity index (χ1) is 40.9. The maximum Gasteiger partial charge on any atom is 0.252 e. The van der Waals surface area contributed by atoms with Gasteiger partial charge in [0.05, 0.1) is 22.4 Å². The van der Waals surface area contributed by atoms with E-state index in [9.17, 15) is 0 Å². The summed E-state index contributed by atoms with van der Waals surface area (Å²) in [4.78, 5) is 11.7. The minimum absolute atomic E-state index is 0.0795. The van der Waals surface area contributed by atoms with Crippen LogP contribution in [0.25, 0.3) is 111 Å². The fourth-order valence-corrected chi connectivity index (χ4v) is 13.8. The van der Waals surface area contributed by atoms with Crippen molar-refractivity contribution in [3.63, 3.8) is 0 Å². The Labute approximate surface area is 516 Å². The van der Waals surface area contributed by atoms with Crippen molar-refractivity contribution in [3.05, 3.63) is 209 Å². The second-order valence-electron chi connectivity index (χ2n) is 31.7. The molecule has 2 aliphatic heterocycles. The molecule has 9 aromatic carbocycles. The van der Waals surface area contributed by atoms with Crippen molar-refractivity contribution in [1.29, 1.82) is 0 Å². The SMILES string of the molecule is CC(C)(C)c1cc(-c2cc(-c3cc(C(C)(C)C)cc(C(C)(C)C)c3)nc(-c3cc4c5c(c3)-n3c6ccc(-c7ccccc7)cc6c6cc(C(C)(C)C)cc(c63)B5c3cc(C(C)(C)C)cc5c6cc(-c7ccccc7)ccc6n-4c35)n2)cc(C(C)(C)C)c1. The molecule has 0 bridgehead atoms. The zero-order valence-electron chi connectivity index (χ0n) is 54.6. The lowest BCUT2D eigenvalue weighted by atomic mass is 9.34. The van der Waals surface area contributed by atoms with E-state index >= 15 is 0 Å². The topological polar surface area (TPSA) is 35.6 Å². The molecule has 0 saturated carbocycles. The number of fused-ring (bicyclic) bond motifs is 10. The van der Waals surface area contributed by atoms with Gasteiger partial charge < -0.3 is 9.13 Å². The first kappa shape index (κ1) is 56.5. The molecular formula is C82H83BN4. The molecule has 0 spiro atoms. The van der Waals surface area contributed by atoms with Crippen molar-refractivity contribution >= 4 is 66.7 Å². The summed E-state index contributed by atoms with van der Waals surface area (Å²) < 4.78 is 5.26. The number of hydrogen-bond donors (Lipinski definition) is 0. The fourth-order valence-electron chi connectivity index (χ4n) is 13.8. The molecule has 14 rings (SSSR count). The van der Waals surface area contributed by atoms with Crippen molar-refractivity contribution in [2.45, 2.75) is 157 Å². The van der Waals surface area contributed by atoms with Crippen LogP contribution in [-0.4, -0.2) is 25.8 Å². The quantitative estimate of drug-likeness (QED) is 0.161. The Morgan fingerprint density at radius 2 is 0.632 bits per heavy atom. The number of benzene rings is 9. The summed E-state index contributed by atoms with van der Waals surface area (Å²) in [6.45, 7) is 42.1. The number of rotatable bonds is 5. The summed E-state index contributed by atoms with van der Waals surface area (Å²) in [7, 11) is 0. The first-order valence-corrected chi connectivity index (χ1v) is 31.7. The summed E-state index contributed by atoms with van der Waals surface area (Å²) in [6, 6.07) is 67.9. The van der Waals surface area contributed by atoms with Gasteiger partial charge in [0.2, 0.25) is 0 Å². The van der Waals surface area contributed by atoms with Gasteiger partial charge in [0, 0.05) is 60.6 Å².